The first-order valence-corrected chi connectivity index (χ1v) is 8.24. The van der Waals surface area contributed by atoms with Gasteiger partial charge in [-0.05, 0) is 46.1 Å². The summed E-state index contributed by atoms with van der Waals surface area (Å²) < 4.78 is 1.89. The molecule has 0 bridgehead atoms. The van der Waals surface area contributed by atoms with Crippen molar-refractivity contribution in [1.29, 1.82) is 5.26 Å². The normalized spacial score (nSPS) is 28.7. The highest BCUT2D eigenvalue weighted by atomic mass is 16.1. The van der Waals surface area contributed by atoms with Gasteiger partial charge in [0.05, 0.1) is 34.0 Å². The van der Waals surface area contributed by atoms with E-state index in [0.717, 1.165) is 5.69 Å². The summed E-state index contributed by atoms with van der Waals surface area (Å²) in [5.74, 6) is -0.407. The number of hydrogen-bond donors (Lipinski definition) is 0. The van der Waals surface area contributed by atoms with Crippen LogP contribution in [-0.2, 0) is 16.8 Å². The minimum Gasteiger partial charge on any atom is -0.293 e. The Balaban J connectivity index is 2.26. The molecular formula is C19H23N3O2. The summed E-state index contributed by atoms with van der Waals surface area (Å²) in [4.78, 5) is 25.9. The Hall–Kier alpha value is -2.22. The fourth-order valence-corrected chi connectivity index (χ4v) is 4.32. The standard InChI is InChI=1S/C19H23N3O2/c1-17(2,3)22-13-7-14-18(4,5)15(23)11(9-20)8-19(14,6)16(24)12(13)10-21-22/h8,10,14H,7H2,1-6H3/t14-,19+/m1/s1. The van der Waals surface area contributed by atoms with Crippen LogP contribution >= 0.6 is 0 Å². The van der Waals surface area contributed by atoms with Gasteiger partial charge < -0.3 is 0 Å². The van der Waals surface area contributed by atoms with Gasteiger partial charge in [-0.1, -0.05) is 13.8 Å². The van der Waals surface area contributed by atoms with Crippen LogP contribution < -0.4 is 0 Å². The first kappa shape index (κ1) is 16.6. The van der Waals surface area contributed by atoms with Gasteiger partial charge >= 0.3 is 0 Å². The average molecular weight is 325 g/mol. The van der Waals surface area contributed by atoms with Gasteiger partial charge in [0, 0.05) is 5.41 Å². The van der Waals surface area contributed by atoms with Crippen molar-refractivity contribution in [2.75, 3.05) is 0 Å². The number of nitrogens with zero attached hydrogens (tertiary/aromatic N) is 3. The predicted octanol–water partition coefficient (Wildman–Crippen LogP) is 3.06. The summed E-state index contributed by atoms with van der Waals surface area (Å²) in [5.41, 5.74) is -0.250. The number of fused-ring (bicyclic) bond motifs is 2. The van der Waals surface area contributed by atoms with E-state index < -0.39 is 10.8 Å². The molecule has 1 aromatic heterocycles. The first-order chi connectivity index (χ1) is 10.9. The van der Waals surface area contributed by atoms with Crippen LogP contribution in [0.4, 0.5) is 0 Å². The van der Waals surface area contributed by atoms with Gasteiger partial charge in [-0.2, -0.15) is 10.4 Å². The lowest BCUT2D eigenvalue weighted by Crippen LogP contribution is -2.53. The predicted molar refractivity (Wildman–Crippen MR) is 89.3 cm³/mol. The molecule has 2 atom stereocenters. The highest BCUT2D eigenvalue weighted by Gasteiger charge is 2.57. The fraction of sp³-hybridized carbons (Fsp3) is 0.579. The van der Waals surface area contributed by atoms with Gasteiger partial charge in [-0.15, -0.1) is 0 Å². The summed E-state index contributed by atoms with van der Waals surface area (Å²) in [6.45, 7) is 11.7. The molecule has 2 aliphatic carbocycles. The van der Waals surface area contributed by atoms with Crippen LogP contribution in [0.25, 0.3) is 0 Å². The number of ketones is 2. The van der Waals surface area contributed by atoms with Gasteiger partial charge in [-0.25, -0.2) is 0 Å². The Morgan fingerprint density at radius 1 is 1.25 bits per heavy atom. The molecule has 24 heavy (non-hydrogen) atoms. The molecular weight excluding hydrogens is 302 g/mol. The molecule has 0 aromatic carbocycles. The van der Waals surface area contributed by atoms with Gasteiger partial charge in [-0.3, -0.25) is 14.3 Å². The number of aromatic nitrogens is 2. The van der Waals surface area contributed by atoms with Crippen LogP contribution in [0.15, 0.2) is 17.8 Å². The van der Waals surface area contributed by atoms with E-state index in [2.05, 4.69) is 5.10 Å². The zero-order valence-corrected chi connectivity index (χ0v) is 15.1. The Morgan fingerprint density at radius 3 is 2.42 bits per heavy atom. The lowest BCUT2D eigenvalue weighted by atomic mass is 9.52. The number of nitriles is 1. The van der Waals surface area contributed by atoms with Crippen molar-refractivity contribution in [1.82, 2.24) is 9.78 Å². The molecule has 0 saturated carbocycles. The van der Waals surface area contributed by atoms with Crippen molar-refractivity contribution in [2.45, 2.75) is 53.5 Å². The van der Waals surface area contributed by atoms with Crippen LogP contribution in [0.2, 0.25) is 0 Å². The van der Waals surface area contributed by atoms with Crippen LogP contribution in [0, 0.1) is 28.1 Å². The van der Waals surface area contributed by atoms with E-state index in [1.807, 2.05) is 52.3 Å². The van der Waals surface area contributed by atoms with Crippen LogP contribution in [0.5, 0.6) is 0 Å². The molecule has 0 saturated heterocycles. The maximum atomic E-state index is 13.3. The third kappa shape index (κ3) is 1.95. The summed E-state index contributed by atoms with van der Waals surface area (Å²) in [5, 5.41) is 13.8. The Morgan fingerprint density at radius 2 is 1.88 bits per heavy atom. The van der Waals surface area contributed by atoms with Crippen molar-refractivity contribution < 1.29 is 9.59 Å². The SMILES string of the molecule is CC1(C)C(=O)C(C#N)=C[C@]2(C)C(=O)c3cnn(C(C)(C)C)c3C[C@H]12. The molecule has 0 aliphatic heterocycles. The van der Waals surface area contributed by atoms with E-state index in [1.165, 1.54) is 0 Å². The molecule has 0 amide bonds. The number of carbonyl (C=O) groups is 2. The quantitative estimate of drug-likeness (QED) is 0.734. The van der Waals surface area contributed by atoms with Crippen molar-refractivity contribution in [3.05, 3.63) is 29.1 Å². The second-order valence-corrected chi connectivity index (χ2v) is 8.68. The molecule has 5 heteroatoms. The molecule has 3 rings (SSSR count). The summed E-state index contributed by atoms with van der Waals surface area (Å²) in [6, 6.07) is 1.98. The maximum Gasteiger partial charge on any atom is 0.178 e. The Bertz CT molecular complexity index is 830. The number of rotatable bonds is 0. The molecule has 5 nitrogen and oxygen atoms in total. The van der Waals surface area contributed by atoms with Crippen molar-refractivity contribution in [2.24, 2.45) is 16.7 Å². The Labute approximate surface area is 142 Å². The molecule has 0 radical (unpaired) electrons. The average Bonchev–Trinajstić information content (AvgIpc) is 2.90. The van der Waals surface area contributed by atoms with E-state index in [-0.39, 0.29) is 28.6 Å². The molecule has 0 spiro atoms. The zero-order valence-electron chi connectivity index (χ0n) is 15.1. The van der Waals surface area contributed by atoms with Crippen LogP contribution in [0.3, 0.4) is 0 Å². The second-order valence-electron chi connectivity index (χ2n) is 8.68. The highest BCUT2D eigenvalue weighted by molar-refractivity contribution is 6.10. The molecule has 1 aromatic rings. The topological polar surface area (TPSA) is 75.8 Å². The summed E-state index contributed by atoms with van der Waals surface area (Å²) in [7, 11) is 0. The lowest BCUT2D eigenvalue weighted by Gasteiger charge is -2.49. The van der Waals surface area contributed by atoms with Crippen LogP contribution in [0.1, 0.15) is 57.6 Å². The van der Waals surface area contributed by atoms with E-state index in [4.69, 9.17) is 0 Å². The van der Waals surface area contributed by atoms with Crippen LogP contribution in [-0.4, -0.2) is 21.3 Å². The lowest BCUT2D eigenvalue weighted by molar-refractivity contribution is -0.128. The third-order valence-corrected chi connectivity index (χ3v) is 5.63. The van der Waals surface area contributed by atoms with E-state index in [1.54, 1.807) is 12.3 Å². The van der Waals surface area contributed by atoms with Crippen molar-refractivity contribution >= 4 is 11.6 Å². The van der Waals surface area contributed by atoms with E-state index >= 15 is 0 Å². The van der Waals surface area contributed by atoms with Gasteiger partial charge in [0.1, 0.15) is 6.07 Å². The monoisotopic (exact) mass is 325 g/mol. The number of carbonyl (C=O) groups excluding carboxylic acids is 2. The number of allylic oxidation sites excluding steroid dienone is 2. The molecule has 2 aliphatic rings. The maximum absolute atomic E-state index is 13.3. The Kier molecular flexibility index (Phi) is 3.23. The molecule has 0 unspecified atom stereocenters. The van der Waals surface area contributed by atoms with Gasteiger partial charge in [0.25, 0.3) is 0 Å². The van der Waals surface area contributed by atoms with E-state index in [9.17, 15) is 14.9 Å². The largest absolute Gasteiger partial charge is 0.293 e. The second kappa shape index (κ2) is 4.66. The molecule has 1 heterocycles. The third-order valence-electron chi connectivity index (χ3n) is 5.63. The molecule has 126 valence electrons. The van der Waals surface area contributed by atoms with Crippen molar-refractivity contribution in [3.8, 4) is 6.07 Å². The molecule has 0 N–H and O–H groups in total. The van der Waals surface area contributed by atoms with Gasteiger partial charge in [0.2, 0.25) is 0 Å². The highest BCUT2D eigenvalue weighted by Crippen LogP contribution is 2.53. The fourth-order valence-electron chi connectivity index (χ4n) is 4.32. The van der Waals surface area contributed by atoms with Crippen molar-refractivity contribution in [3.63, 3.8) is 0 Å². The van der Waals surface area contributed by atoms with Gasteiger partial charge in [0.15, 0.2) is 11.6 Å². The smallest absolute Gasteiger partial charge is 0.178 e. The number of hydrogen-bond acceptors (Lipinski definition) is 4. The zero-order chi connectivity index (χ0) is 18.1. The number of Topliss-reactive ketones (excluding diaryl/α,β-unsaturated/α-hetero) is 2. The first-order valence-electron chi connectivity index (χ1n) is 8.24. The minimum atomic E-state index is -0.846. The van der Waals surface area contributed by atoms with E-state index in [0.29, 0.717) is 12.0 Å². The summed E-state index contributed by atoms with van der Waals surface area (Å²) >= 11 is 0. The summed E-state index contributed by atoms with van der Waals surface area (Å²) in [6.07, 6.45) is 3.82. The molecule has 0 fully saturated rings. The minimum absolute atomic E-state index is 0.0439.